The van der Waals surface area contributed by atoms with E-state index in [1.165, 1.54) is 6.33 Å². The number of imidazole rings is 1. The summed E-state index contributed by atoms with van der Waals surface area (Å²) in [5.41, 5.74) is 2.49. The van der Waals surface area contributed by atoms with Gasteiger partial charge in [-0.2, -0.15) is 0 Å². The molecule has 0 aliphatic rings. The summed E-state index contributed by atoms with van der Waals surface area (Å²) in [5.74, 6) is 0.746. The Morgan fingerprint density at radius 3 is 3.00 bits per heavy atom. The maximum Gasteiger partial charge on any atom is 0.182 e. The molecule has 3 heterocycles. The molecule has 7 heteroatoms. The van der Waals surface area contributed by atoms with Crippen molar-refractivity contribution in [2.24, 2.45) is 0 Å². The first-order valence-corrected chi connectivity index (χ1v) is 6.44. The zero-order valence-electron chi connectivity index (χ0n) is 10.0. The number of H-pyrrole nitrogens is 1. The number of aromatic amines is 1. The van der Waals surface area contributed by atoms with Crippen molar-refractivity contribution in [1.29, 1.82) is 0 Å². The van der Waals surface area contributed by atoms with E-state index in [9.17, 15) is 0 Å². The van der Waals surface area contributed by atoms with Crippen LogP contribution >= 0.6 is 11.3 Å². The summed E-state index contributed by atoms with van der Waals surface area (Å²) < 4.78 is 0. The first-order valence-electron chi connectivity index (χ1n) is 5.56. The second kappa shape index (κ2) is 4.34. The van der Waals surface area contributed by atoms with Crippen LogP contribution < -0.4 is 5.32 Å². The lowest BCUT2D eigenvalue weighted by atomic mass is 10.2. The highest BCUT2D eigenvalue weighted by molar-refractivity contribution is 7.09. The van der Waals surface area contributed by atoms with Gasteiger partial charge in [0.15, 0.2) is 11.5 Å². The van der Waals surface area contributed by atoms with Gasteiger partial charge in [-0.3, -0.25) is 0 Å². The van der Waals surface area contributed by atoms with Crippen molar-refractivity contribution in [1.82, 2.24) is 24.9 Å². The average molecular weight is 260 g/mol. The maximum absolute atomic E-state index is 4.46. The molecule has 1 atom stereocenters. The minimum absolute atomic E-state index is 0.0938. The summed E-state index contributed by atoms with van der Waals surface area (Å²) in [4.78, 5) is 19.9. The predicted molar refractivity (Wildman–Crippen MR) is 70.6 cm³/mol. The molecule has 18 heavy (non-hydrogen) atoms. The first kappa shape index (κ1) is 11.1. The van der Waals surface area contributed by atoms with Crippen molar-refractivity contribution in [3.63, 3.8) is 0 Å². The van der Waals surface area contributed by atoms with E-state index < -0.39 is 0 Å². The van der Waals surface area contributed by atoms with Crippen LogP contribution in [0.15, 0.2) is 18.0 Å². The summed E-state index contributed by atoms with van der Waals surface area (Å²) in [6.45, 7) is 4.05. The van der Waals surface area contributed by atoms with E-state index in [1.807, 2.05) is 6.92 Å². The Balaban J connectivity index is 1.90. The van der Waals surface area contributed by atoms with E-state index in [2.05, 4.69) is 42.5 Å². The van der Waals surface area contributed by atoms with Gasteiger partial charge in [0.25, 0.3) is 0 Å². The summed E-state index contributed by atoms with van der Waals surface area (Å²) in [6, 6.07) is 0.0938. The van der Waals surface area contributed by atoms with E-state index in [1.54, 1.807) is 17.7 Å². The van der Waals surface area contributed by atoms with Crippen LogP contribution in [0.4, 0.5) is 5.82 Å². The third-order valence-electron chi connectivity index (χ3n) is 2.66. The molecule has 0 aromatic carbocycles. The van der Waals surface area contributed by atoms with Crippen LogP contribution in [0.1, 0.15) is 23.7 Å². The zero-order valence-corrected chi connectivity index (χ0v) is 10.8. The summed E-state index contributed by atoms with van der Waals surface area (Å²) in [7, 11) is 0. The fourth-order valence-electron chi connectivity index (χ4n) is 1.73. The Hall–Kier alpha value is -2.02. The topological polar surface area (TPSA) is 79.4 Å². The molecule has 0 aliphatic heterocycles. The van der Waals surface area contributed by atoms with Crippen LogP contribution in [0.25, 0.3) is 11.2 Å². The van der Waals surface area contributed by atoms with Gasteiger partial charge >= 0.3 is 0 Å². The highest BCUT2D eigenvalue weighted by atomic mass is 32.1. The first-order chi connectivity index (χ1) is 8.74. The Bertz CT molecular complexity index is 673. The van der Waals surface area contributed by atoms with Gasteiger partial charge in [-0.1, -0.05) is 0 Å². The quantitative estimate of drug-likeness (QED) is 0.755. The van der Waals surface area contributed by atoms with Crippen molar-refractivity contribution in [2.45, 2.75) is 19.9 Å². The van der Waals surface area contributed by atoms with Gasteiger partial charge in [0.1, 0.15) is 11.8 Å². The van der Waals surface area contributed by atoms with Crippen LogP contribution in [0, 0.1) is 6.92 Å². The van der Waals surface area contributed by atoms with Gasteiger partial charge in [-0.25, -0.2) is 19.9 Å². The predicted octanol–water partition coefficient (Wildman–Crippen LogP) is 2.29. The highest BCUT2D eigenvalue weighted by Crippen LogP contribution is 2.22. The van der Waals surface area contributed by atoms with Crippen molar-refractivity contribution in [3.8, 4) is 0 Å². The number of anilines is 1. The summed E-state index contributed by atoms with van der Waals surface area (Å²) in [5, 5.41) is 6.44. The lowest BCUT2D eigenvalue weighted by Crippen LogP contribution is -2.09. The minimum atomic E-state index is 0.0938. The molecule has 0 spiro atoms. The van der Waals surface area contributed by atoms with Gasteiger partial charge < -0.3 is 10.3 Å². The maximum atomic E-state index is 4.46. The molecule has 2 N–H and O–H groups in total. The van der Waals surface area contributed by atoms with Crippen molar-refractivity contribution in [2.75, 3.05) is 5.32 Å². The molecule has 0 bridgehead atoms. The van der Waals surface area contributed by atoms with Gasteiger partial charge in [0.2, 0.25) is 0 Å². The molecule has 3 aromatic rings. The number of nitrogens with one attached hydrogen (secondary N) is 2. The lowest BCUT2D eigenvalue weighted by molar-refractivity contribution is 0.838. The highest BCUT2D eigenvalue weighted by Gasteiger charge is 2.12. The van der Waals surface area contributed by atoms with Gasteiger partial charge in [0.05, 0.1) is 23.1 Å². The largest absolute Gasteiger partial charge is 0.360 e. The summed E-state index contributed by atoms with van der Waals surface area (Å²) in [6.07, 6.45) is 3.12. The molecule has 3 aromatic heterocycles. The van der Waals surface area contributed by atoms with Gasteiger partial charge in [-0.15, -0.1) is 11.3 Å². The minimum Gasteiger partial charge on any atom is -0.360 e. The molecule has 0 aliphatic carbocycles. The number of aromatic nitrogens is 5. The smallest absolute Gasteiger partial charge is 0.182 e. The van der Waals surface area contributed by atoms with E-state index in [-0.39, 0.29) is 6.04 Å². The number of nitrogens with zero attached hydrogens (tertiary/aromatic N) is 4. The third-order valence-corrected chi connectivity index (χ3v) is 3.45. The third kappa shape index (κ3) is 1.92. The number of thiazole rings is 1. The van der Waals surface area contributed by atoms with E-state index >= 15 is 0 Å². The van der Waals surface area contributed by atoms with Crippen LogP contribution in [0.2, 0.25) is 0 Å². The molecule has 0 radical (unpaired) electrons. The fraction of sp³-hybridized carbons (Fsp3) is 0.273. The fourth-order valence-corrected chi connectivity index (χ4v) is 2.44. The Kier molecular flexibility index (Phi) is 2.67. The molecular weight excluding hydrogens is 248 g/mol. The number of fused-ring (bicyclic) bond motifs is 1. The van der Waals surface area contributed by atoms with Gasteiger partial charge in [-0.05, 0) is 13.8 Å². The number of hydrogen-bond acceptors (Lipinski definition) is 6. The molecule has 0 saturated carbocycles. The molecule has 1 unspecified atom stereocenters. The Labute approximate surface area is 108 Å². The van der Waals surface area contributed by atoms with Crippen molar-refractivity contribution in [3.05, 3.63) is 28.7 Å². The zero-order chi connectivity index (χ0) is 12.5. The molecule has 0 fully saturated rings. The second-order valence-corrected chi connectivity index (χ2v) is 5.04. The van der Waals surface area contributed by atoms with Crippen LogP contribution in [0.5, 0.6) is 0 Å². The monoisotopic (exact) mass is 260 g/mol. The molecule has 0 saturated heterocycles. The van der Waals surface area contributed by atoms with Gasteiger partial charge in [0, 0.05) is 5.38 Å². The number of hydrogen-bond donors (Lipinski definition) is 2. The standard InChI is InChI=1S/C11H12N6S/c1-6(8-3-18-7(2)17-8)16-11-9-10(13-4-12-9)14-5-15-11/h3-6H,1-2H3,(H2,12,13,14,15,16). The second-order valence-electron chi connectivity index (χ2n) is 3.98. The molecule has 92 valence electrons. The van der Waals surface area contributed by atoms with E-state index in [4.69, 9.17) is 0 Å². The molecule has 0 amide bonds. The average Bonchev–Trinajstić information content (AvgIpc) is 2.97. The molecule has 6 nitrogen and oxygen atoms in total. The Morgan fingerprint density at radius 2 is 2.22 bits per heavy atom. The van der Waals surface area contributed by atoms with E-state index in [0.717, 1.165) is 22.0 Å². The van der Waals surface area contributed by atoms with Crippen molar-refractivity contribution >= 4 is 28.3 Å². The lowest BCUT2D eigenvalue weighted by Gasteiger charge is -2.12. The summed E-state index contributed by atoms with van der Waals surface area (Å²) >= 11 is 1.64. The van der Waals surface area contributed by atoms with Crippen LogP contribution in [0.3, 0.4) is 0 Å². The Morgan fingerprint density at radius 1 is 1.33 bits per heavy atom. The van der Waals surface area contributed by atoms with E-state index in [0.29, 0.717) is 5.65 Å². The van der Waals surface area contributed by atoms with Crippen LogP contribution in [-0.2, 0) is 0 Å². The SMILES string of the molecule is Cc1nc(C(C)Nc2ncnc3nc[nH]c23)cs1. The normalized spacial score (nSPS) is 12.8. The molecule has 3 rings (SSSR count). The molecular formula is C11H12N6S. The number of aryl methyl sites for hydroxylation is 1. The number of rotatable bonds is 3. The van der Waals surface area contributed by atoms with Crippen LogP contribution in [-0.4, -0.2) is 24.9 Å². The van der Waals surface area contributed by atoms with Crippen molar-refractivity contribution < 1.29 is 0 Å².